The lowest BCUT2D eigenvalue weighted by atomic mass is 10.1. The van der Waals surface area contributed by atoms with E-state index in [-0.39, 0.29) is 35.9 Å². The average Bonchev–Trinajstić information content (AvgIpc) is 3.03. The van der Waals surface area contributed by atoms with E-state index in [2.05, 4.69) is 21.2 Å². The van der Waals surface area contributed by atoms with E-state index in [1.54, 1.807) is 24.6 Å². The Morgan fingerprint density at radius 1 is 1.29 bits per heavy atom. The molecule has 1 aromatic heterocycles. The van der Waals surface area contributed by atoms with Gasteiger partial charge in [-0.05, 0) is 52.0 Å². The van der Waals surface area contributed by atoms with Crippen molar-refractivity contribution >= 4 is 56.0 Å². The Labute approximate surface area is 193 Å². The molecule has 0 atom stereocenters. The van der Waals surface area contributed by atoms with Crippen molar-refractivity contribution in [2.75, 3.05) is 6.54 Å². The van der Waals surface area contributed by atoms with Crippen LogP contribution < -0.4 is 5.32 Å². The van der Waals surface area contributed by atoms with E-state index in [1.807, 2.05) is 18.2 Å². The Balaban J connectivity index is 2.19. The Morgan fingerprint density at radius 2 is 1.97 bits per heavy atom. The Hall–Kier alpha value is -2.45. The second-order valence-corrected chi connectivity index (χ2v) is 8.61. The number of fused-ring (bicyclic) bond motifs is 1. The highest BCUT2D eigenvalue weighted by Crippen LogP contribution is 2.26. The minimum absolute atomic E-state index is 0.0255. The van der Waals surface area contributed by atoms with Crippen molar-refractivity contribution in [3.63, 3.8) is 0 Å². The number of carbonyl (C=O) groups excluding carboxylic acids is 3. The predicted octanol–water partition coefficient (Wildman–Crippen LogP) is 4.91. The molecule has 0 aliphatic heterocycles. The molecule has 1 heterocycles. The number of rotatable bonds is 8. The van der Waals surface area contributed by atoms with Crippen LogP contribution in [0.15, 0.2) is 52.0 Å². The van der Waals surface area contributed by atoms with Gasteiger partial charge in [-0.1, -0.05) is 27.5 Å². The number of Topliss-reactive ketones (excluding diaryl/α,β-unsaturated/α-hetero) is 1. The third kappa shape index (κ3) is 6.51. The van der Waals surface area contributed by atoms with Crippen LogP contribution in [0.5, 0.6) is 0 Å². The highest BCUT2D eigenvalue weighted by atomic mass is 79.9. The molecule has 0 aliphatic rings. The van der Waals surface area contributed by atoms with Crippen molar-refractivity contribution < 1.29 is 18.8 Å². The van der Waals surface area contributed by atoms with Gasteiger partial charge >= 0.3 is 0 Å². The molecule has 1 N–H and O–H groups in total. The smallest absolute Gasteiger partial charge is 0.243 e. The fourth-order valence-electron chi connectivity index (χ4n) is 3.00. The van der Waals surface area contributed by atoms with Crippen LogP contribution in [0, 0.1) is 0 Å². The maximum atomic E-state index is 13.0. The van der Waals surface area contributed by atoms with Gasteiger partial charge in [0.05, 0.1) is 5.03 Å². The van der Waals surface area contributed by atoms with Gasteiger partial charge in [-0.25, -0.2) is 4.39 Å². The molecule has 0 radical (unpaired) electrons. The van der Waals surface area contributed by atoms with Crippen LogP contribution in [-0.4, -0.2) is 39.7 Å². The zero-order valence-electron chi connectivity index (χ0n) is 17.7. The molecule has 0 fully saturated rings. The first-order chi connectivity index (χ1) is 14.5. The van der Waals surface area contributed by atoms with Gasteiger partial charge in [0.25, 0.3) is 0 Å². The van der Waals surface area contributed by atoms with Crippen molar-refractivity contribution in [3.05, 3.63) is 57.6 Å². The van der Waals surface area contributed by atoms with Crippen molar-refractivity contribution in [1.82, 2.24) is 14.8 Å². The molecule has 0 unspecified atom stereocenters. The van der Waals surface area contributed by atoms with E-state index in [0.29, 0.717) is 5.56 Å². The first-order valence-corrected chi connectivity index (χ1v) is 10.7. The minimum Gasteiger partial charge on any atom is -0.337 e. The van der Waals surface area contributed by atoms with E-state index >= 15 is 0 Å². The molecular formula is C22H24BrClFN3O3. The third-order valence-electron chi connectivity index (χ3n) is 4.59. The normalized spacial score (nSPS) is 12.4. The number of allylic oxidation sites excluding steroid dienone is 3. The van der Waals surface area contributed by atoms with Gasteiger partial charge in [0.15, 0.2) is 5.78 Å². The Morgan fingerprint density at radius 3 is 2.55 bits per heavy atom. The fourth-order valence-corrected chi connectivity index (χ4v) is 3.42. The second kappa shape index (κ2) is 10.7. The number of halogens is 3. The Bertz CT molecular complexity index is 1070. The van der Waals surface area contributed by atoms with Crippen LogP contribution in [0.3, 0.4) is 0 Å². The summed E-state index contributed by atoms with van der Waals surface area (Å²) in [5.41, 5.74) is 1.28. The number of benzene rings is 1. The highest BCUT2D eigenvalue weighted by Gasteiger charge is 2.22. The van der Waals surface area contributed by atoms with E-state index in [4.69, 9.17) is 11.6 Å². The zero-order chi connectivity index (χ0) is 23.3. The molecule has 166 valence electrons. The lowest BCUT2D eigenvalue weighted by Gasteiger charge is -2.26. The van der Waals surface area contributed by atoms with Gasteiger partial charge in [0.1, 0.15) is 18.9 Å². The van der Waals surface area contributed by atoms with Crippen LogP contribution in [0.2, 0.25) is 0 Å². The molecule has 6 nitrogen and oxygen atoms in total. The summed E-state index contributed by atoms with van der Waals surface area (Å²) in [6.45, 7) is 6.09. The van der Waals surface area contributed by atoms with Gasteiger partial charge in [0, 0.05) is 39.4 Å². The summed E-state index contributed by atoms with van der Waals surface area (Å²) in [7, 11) is 0. The van der Waals surface area contributed by atoms with E-state index in [1.165, 1.54) is 31.0 Å². The number of ketones is 1. The topological polar surface area (TPSA) is 71.4 Å². The molecule has 0 aliphatic carbocycles. The first kappa shape index (κ1) is 24.8. The molecule has 0 saturated heterocycles. The van der Waals surface area contributed by atoms with Crippen LogP contribution in [0.4, 0.5) is 4.39 Å². The molecule has 0 bridgehead atoms. The lowest BCUT2D eigenvalue weighted by molar-refractivity contribution is -0.137. The summed E-state index contributed by atoms with van der Waals surface area (Å²) in [5.74, 6) is -1.38. The molecular weight excluding hydrogens is 489 g/mol. The van der Waals surface area contributed by atoms with Crippen LogP contribution in [0.1, 0.15) is 38.1 Å². The second-order valence-electron chi connectivity index (χ2n) is 7.29. The molecule has 0 spiro atoms. The number of carbonyl (C=O) groups is 3. The maximum Gasteiger partial charge on any atom is 0.243 e. The van der Waals surface area contributed by atoms with Crippen molar-refractivity contribution in [1.29, 1.82) is 0 Å². The quantitative estimate of drug-likeness (QED) is 0.403. The van der Waals surface area contributed by atoms with Gasteiger partial charge in [0.2, 0.25) is 11.8 Å². The van der Waals surface area contributed by atoms with Crippen molar-refractivity contribution in [2.45, 2.75) is 40.3 Å². The number of aromatic nitrogens is 1. The van der Waals surface area contributed by atoms with Crippen LogP contribution in [0.25, 0.3) is 10.9 Å². The molecule has 9 heteroatoms. The van der Waals surface area contributed by atoms with Crippen molar-refractivity contribution in [2.24, 2.45) is 0 Å². The average molecular weight is 513 g/mol. The zero-order valence-corrected chi connectivity index (χ0v) is 20.1. The molecule has 2 aromatic rings. The standard InChI is InChI=1S/C22H24BrClFN3O3/c1-13(2)28(11-21(30)26-8-7-19(24)14(3)25)22(31)12-27-10-18(15(4)29)17-9-16(23)5-6-20(17)27/h5-10,13H,11-12H2,1-4H3,(H,26,30)/b8-7-,19-14-. The fraction of sp³-hybridized carbons (Fsp3) is 0.318. The Kier molecular flexibility index (Phi) is 8.59. The highest BCUT2D eigenvalue weighted by molar-refractivity contribution is 9.10. The van der Waals surface area contributed by atoms with Gasteiger partial charge in [-0.15, -0.1) is 0 Å². The summed E-state index contributed by atoms with van der Waals surface area (Å²) in [6, 6.07) is 5.28. The van der Waals surface area contributed by atoms with Crippen molar-refractivity contribution in [3.8, 4) is 0 Å². The van der Waals surface area contributed by atoms with E-state index in [0.717, 1.165) is 15.4 Å². The summed E-state index contributed by atoms with van der Waals surface area (Å²) in [5, 5.41) is 3.10. The lowest BCUT2D eigenvalue weighted by Crippen LogP contribution is -2.44. The summed E-state index contributed by atoms with van der Waals surface area (Å²) < 4.78 is 15.5. The minimum atomic E-state index is -0.568. The number of hydrogen-bond donors (Lipinski definition) is 1. The van der Waals surface area contributed by atoms with Gasteiger partial charge < -0.3 is 14.8 Å². The third-order valence-corrected chi connectivity index (χ3v) is 5.47. The predicted molar refractivity (Wildman–Crippen MR) is 123 cm³/mol. The van der Waals surface area contributed by atoms with Gasteiger partial charge in [-0.3, -0.25) is 14.4 Å². The van der Waals surface area contributed by atoms with Crippen LogP contribution in [-0.2, 0) is 16.1 Å². The number of nitrogens with one attached hydrogen (secondary N) is 1. The number of hydrogen-bond acceptors (Lipinski definition) is 3. The first-order valence-electron chi connectivity index (χ1n) is 9.57. The molecule has 2 amide bonds. The molecule has 0 saturated carbocycles. The maximum absolute atomic E-state index is 13.0. The number of nitrogens with zero attached hydrogens (tertiary/aromatic N) is 2. The molecule has 1 aromatic carbocycles. The monoisotopic (exact) mass is 511 g/mol. The summed E-state index contributed by atoms with van der Waals surface area (Å²) >= 11 is 9.06. The van der Waals surface area contributed by atoms with Crippen LogP contribution >= 0.6 is 27.5 Å². The summed E-state index contributed by atoms with van der Waals surface area (Å²) in [4.78, 5) is 38.7. The summed E-state index contributed by atoms with van der Waals surface area (Å²) in [6.07, 6.45) is 4.11. The molecule has 31 heavy (non-hydrogen) atoms. The largest absolute Gasteiger partial charge is 0.337 e. The SMILES string of the molecule is CC(=O)c1cn(CC(=O)N(CC(=O)N/C=C\C(Cl)=C(/C)F)C(C)C)c2ccc(Br)cc12. The number of amides is 2. The van der Waals surface area contributed by atoms with E-state index in [9.17, 15) is 18.8 Å². The van der Waals surface area contributed by atoms with E-state index < -0.39 is 11.7 Å². The molecule has 2 rings (SSSR count). The van der Waals surface area contributed by atoms with Gasteiger partial charge in [-0.2, -0.15) is 0 Å².